The van der Waals surface area contributed by atoms with Crippen LogP contribution in [0.3, 0.4) is 0 Å². The van der Waals surface area contributed by atoms with E-state index in [1.807, 2.05) is 0 Å². The zero-order valence-electron chi connectivity index (χ0n) is 12.3. The summed E-state index contributed by atoms with van der Waals surface area (Å²) in [6.45, 7) is 0.401. The monoisotopic (exact) mass is 291 g/mol. The average Bonchev–Trinajstić information content (AvgIpc) is 3.18. The topological polar surface area (TPSA) is 59.8 Å². The van der Waals surface area contributed by atoms with Crippen molar-refractivity contribution in [3.63, 3.8) is 0 Å². The number of carbonyl (C=O) groups is 2. The van der Waals surface area contributed by atoms with E-state index in [1.165, 1.54) is 13.2 Å². The lowest BCUT2D eigenvalue weighted by atomic mass is 10.2. The van der Waals surface area contributed by atoms with Crippen LogP contribution in [0.1, 0.15) is 37.9 Å². The lowest BCUT2D eigenvalue weighted by Gasteiger charge is -2.27. The number of ether oxygens (including phenoxy) is 1. The minimum absolute atomic E-state index is 0.0813. The Morgan fingerprint density at radius 1 is 1.43 bits per heavy atom. The summed E-state index contributed by atoms with van der Waals surface area (Å²) in [6, 6.07) is 3.79. The van der Waals surface area contributed by atoms with Crippen molar-refractivity contribution in [2.75, 3.05) is 13.7 Å². The van der Waals surface area contributed by atoms with Gasteiger partial charge < -0.3 is 14.1 Å². The molecule has 1 aromatic heterocycles. The van der Waals surface area contributed by atoms with Crippen molar-refractivity contribution in [2.24, 2.45) is 0 Å². The highest BCUT2D eigenvalue weighted by molar-refractivity contribution is 5.91. The van der Waals surface area contributed by atoms with Gasteiger partial charge in [0.05, 0.1) is 19.8 Å². The fourth-order valence-electron chi connectivity index (χ4n) is 2.64. The summed E-state index contributed by atoms with van der Waals surface area (Å²) in [7, 11) is 1.36. The molecule has 5 nitrogen and oxygen atoms in total. The van der Waals surface area contributed by atoms with Gasteiger partial charge in [0.2, 0.25) is 5.91 Å². The maximum Gasteiger partial charge on any atom is 0.307 e. The van der Waals surface area contributed by atoms with E-state index in [9.17, 15) is 9.59 Å². The van der Waals surface area contributed by atoms with Crippen molar-refractivity contribution in [2.45, 2.75) is 38.1 Å². The quantitative estimate of drug-likeness (QED) is 0.597. The Morgan fingerprint density at radius 2 is 2.19 bits per heavy atom. The third-order valence-electron chi connectivity index (χ3n) is 3.77. The molecule has 0 aliphatic heterocycles. The molecule has 0 aromatic carbocycles. The third-order valence-corrected chi connectivity index (χ3v) is 3.77. The van der Waals surface area contributed by atoms with Gasteiger partial charge >= 0.3 is 5.97 Å². The molecule has 0 spiro atoms. The number of carbonyl (C=O) groups excluding carboxylic acids is 2. The lowest BCUT2D eigenvalue weighted by molar-refractivity contribution is -0.141. The Labute approximate surface area is 124 Å². The molecule has 1 saturated carbocycles. The van der Waals surface area contributed by atoms with Crippen LogP contribution in [0.4, 0.5) is 0 Å². The maximum atomic E-state index is 12.4. The molecule has 2 rings (SSSR count). The summed E-state index contributed by atoms with van der Waals surface area (Å²) in [5.74, 6) is 0.269. The molecule has 1 amide bonds. The molecule has 1 fully saturated rings. The number of furan rings is 1. The van der Waals surface area contributed by atoms with Crippen LogP contribution in [0.25, 0.3) is 6.08 Å². The van der Waals surface area contributed by atoms with E-state index in [1.54, 1.807) is 29.4 Å². The first-order chi connectivity index (χ1) is 10.2. The first-order valence-electron chi connectivity index (χ1n) is 7.29. The molecule has 114 valence electrons. The van der Waals surface area contributed by atoms with Crippen LogP contribution < -0.4 is 0 Å². The van der Waals surface area contributed by atoms with E-state index in [2.05, 4.69) is 4.74 Å². The highest BCUT2D eigenvalue weighted by Gasteiger charge is 2.25. The second-order valence-corrected chi connectivity index (χ2v) is 5.14. The molecule has 5 heteroatoms. The number of methoxy groups -OCH3 is 1. The van der Waals surface area contributed by atoms with Gasteiger partial charge in [0, 0.05) is 18.7 Å². The van der Waals surface area contributed by atoms with Crippen molar-refractivity contribution < 1.29 is 18.7 Å². The van der Waals surface area contributed by atoms with E-state index in [0.717, 1.165) is 25.7 Å². The van der Waals surface area contributed by atoms with E-state index in [0.29, 0.717) is 12.3 Å². The number of hydrogen-bond donors (Lipinski definition) is 0. The molecular formula is C16H21NO4. The molecule has 1 aliphatic carbocycles. The van der Waals surface area contributed by atoms with Gasteiger partial charge in [0.1, 0.15) is 5.76 Å². The zero-order valence-corrected chi connectivity index (χ0v) is 12.3. The predicted molar refractivity (Wildman–Crippen MR) is 78.3 cm³/mol. The van der Waals surface area contributed by atoms with Crippen molar-refractivity contribution >= 4 is 18.0 Å². The molecular weight excluding hydrogens is 270 g/mol. The molecule has 0 radical (unpaired) electrons. The van der Waals surface area contributed by atoms with Gasteiger partial charge in [-0.2, -0.15) is 0 Å². The second kappa shape index (κ2) is 7.67. The van der Waals surface area contributed by atoms with Crippen LogP contribution in [0.5, 0.6) is 0 Å². The number of rotatable bonds is 6. The predicted octanol–water partition coefficient (Wildman–Crippen LogP) is 2.63. The Balaban J connectivity index is 1.99. The fourth-order valence-corrected chi connectivity index (χ4v) is 2.64. The van der Waals surface area contributed by atoms with Crippen LogP contribution in [0.15, 0.2) is 28.9 Å². The highest BCUT2D eigenvalue weighted by atomic mass is 16.5. The van der Waals surface area contributed by atoms with Crippen molar-refractivity contribution in [3.8, 4) is 0 Å². The summed E-state index contributed by atoms with van der Waals surface area (Å²) in [5.41, 5.74) is 0. The standard InChI is InChI=1S/C16H21NO4/c1-20-16(19)10-11-17(13-5-2-3-6-13)15(18)9-8-14-7-4-12-21-14/h4,7-9,12-13H,2-3,5-6,10-11H2,1H3/b9-8+. The van der Waals surface area contributed by atoms with Crippen molar-refractivity contribution in [3.05, 3.63) is 30.2 Å². The summed E-state index contributed by atoms with van der Waals surface area (Å²) in [6.07, 6.45) is 9.23. The second-order valence-electron chi connectivity index (χ2n) is 5.14. The summed E-state index contributed by atoms with van der Waals surface area (Å²) >= 11 is 0. The lowest BCUT2D eigenvalue weighted by Crippen LogP contribution is -2.39. The summed E-state index contributed by atoms with van der Waals surface area (Å²) in [4.78, 5) is 25.5. The van der Waals surface area contributed by atoms with Gasteiger partial charge in [0.15, 0.2) is 0 Å². The normalized spacial score (nSPS) is 15.5. The largest absolute Gasteiger partial charge is 0.469 e. The summed E-state index contributed by atoms with van der Waals surface area (Å²) < 4.78 is 9.83. The highest BCUT2D eigenvalue weighted by Crippen LogP contribution is 2.24. The van der Waals surface area contributed by atoms with E-state index in [4.69, 9.17) is 4.42 Å². The zero-order chi connectivity index (χ0) is 15.1. The minimum atomic E-state index is -0.291. The number of amides is 1. The Morgan fingerprint density at radius 3 is 2.81 bits per heavy atom. The first kappa shape index (κ1) is 15.4. The van der Waals surface area contributed by atoms with Crippen LogP contribution in [0.2, 0.25) is 0 Å². The molecule has 21 heavy (non-hydrogen) atoms. The summed E-state index contributed by atoms with van der Waals surface area (Å²) in [5, 5.41) is 0. The average molecular weight is 291 g/mol. The van der Waals surface area contributed by atoms with Crippen molar-refractivity contribution in [1.29, 1.82) is 0 Å². The first-order valence-corrected chi connectivity index (χ1v) is 7.29. The molecule has 0 N–H and O–H groups in total. The third kappa shape index (κ3) is 4.48. The van der Waals surface area contributed by atoms with Crippen LogP contribution in [-0.2, 0) is 14.3 Å². The van der Waals surface area contributed by atoms with Crippen LogP contribution >= 0.6 is 0 Å². The number of nitrogens with zero attached hydrogens (tertiary/aromatic N) is 1. The SMILES string of the molecule is COC(=O)CCN(C(=O)/C=C/c1ccco1)C1CCCC1. The Bertz CT molecular complexity index is 486. The smallest absolute Gasteiger partial charge is 0.307 e. The Kier molecular flexibility index (Phi) is 5.60. The van der Waals surface area contributed by atoms with Crippen LogP contribution in [0, 0.1) is 0 Å². The van der Waals surface area contributed by atoms with E-state index >= 15 is 0 Å². The van der Waals surface area contributed by atoms with Gasteiger partial charge in [-0.05, 0) is 31.1 Å². The molecule has 1 aromatic rings. The van der Waals surface area contributed by atoms with Gasteiger partial charge in [-0.25, -0.2) is 0 Å². The van der Waals surface area contributed by atoms with Gasteiger partial charge in [-0.15, -0.1) is 0 Å². The van der Waals surface area contributed by atoms with Crippen molar-refractivity contribution in [1.82, 2.24) is 4.90 Å². The van der Waals surface area contributed by atoms with Gasteiger partial charge in [0.25, 0.3) is 0 Å². The maximum absolute atomic E-state index is 12.4. The van der Waals surface area contributed by atoms with E-state index < -0.39 is 0 Å². The molecule has 0 saturated heterocycles. The number of esters is 1. The fraction of sp³-hybridized carbons (Fsp3) is 0.500. The molecule has 0 bridgehead atoms. The Hall–Kier alpha value is -2.04. The van der Waals surface area contributed by atoms with Gasteiger partial charge in [-0.3, -0.25) is 9.59 Å². The number of hydrogen-bond acceptors (Lipinski definition) is 4. The molecule has 0 atom stereocenters. The minimum Gasteiger partial charge on any atom is -0.469 e. The molecule has 1 aliphatic rings. The van der Waals surface area contributed by atoms with Gasteiger partial charge in [-0.1, -0.05) is 12.8 Å². The molecule has 1 heterocycles. The molecule has 0 unspecified atom stereocenters. The van der Waals surface area contributed by atoms with E-state index in [-0.39, 0.29) is 24.3 Å². The van der Waals surface area contributed by atoms with Crippen LogP contribution in [-0.4, -0.2) is 36.5 Å².